The van der Waals surface area contributed by atoms with E-state index in [-0.39, 0.29) is 5.02 Å². The van der Waals surface area contributed by atoms with Crippen molar-refractivity contribution in [2.75, 3.05) is 5.88 Å². The Kier molecular flexibility index (Phi) is 4.55. The van der Waals surface area contributed by atoms with Gasteiger partial charge in [-0.3, -0.25) is 0 Å². The lowest BCUT2D eigenvalue weighted by molar-refractivity contribution is 0.614. The molecule has 18 heavy (non-hydrogen) atoms. The molecular formula is C12H12Cl2FN3. The van der Waals surface area contributed by atoms with Crippen molar-refractivity contribution >= 4 is 23.2 Å². The average Bonchev–Trinajstić information content (AvgIpc) is 2.80. The van der Waals surface area contributed by atoms with Crippen LogP contribution in [-0.4, -0.2) is 20.9 Å². The molecule has 6 heteroatoms. The average molecular weight is 288 g/mol. The van der Waals surface area contributed by atoms with Gasteiger partial charge in [0.1, 0.15) is 5.82 Å². The van der Waals surface area contributed by atoms with Gasteiger partial charge in [-0.15, -0.1) is 16.7 Å². The van der Waals surface area contributed by atoms with Gasteiger partial charge in [-0.2, -0.15) is 0 Å². The molecule has 0 N–H and O–H groups in total. The minimum atomic E-state index is -0.420. The number of rotatable bonds is 5. The molecule has 0 aliphatic rings. The van der Waals surface area contributed by atoms with Gasteiger partial charge >= 0.3 is 0 Å². The van der Waals surface area contributed by atoms with Gasteiger partial charge in [-0.1, -0.05) is 28.9 Å². The Bertz CT molecular complexity index is 528. The normalized spacial score (nSPS) is 10.8. The molecule has 0 aliphatic heterocycles. The molecule has 0 spiro atoms. The van der Waals surface area contributed by atoms with Crippen LogP contribution in [0.25, 0.3) is 0 Å². The third-order valence-corrected chi connectivity index (χ3v) is 3.21. The summed E-state index contributed by atoms with van der Waals surface area (Å²) in [5.41, 5.74) is 1.56. The van der Waals surface area contributed by atoms with E-state index in [1.165, 1.54) is 6.07 Å². The lowest BCUT2D eigenvalue weighted by Gasteiger charge is -2.04. The topological polar surface area (TPSA) is 30.7 Å². The van der Waals surface area contributed by atoms with Gasteiger partial charge in [0.15, 0.2) is 0 Å². The van der Waals surface area contributed by atoms with Crippen LogP contribution in [-0.2, 0) is 13.0 Å². The monoisotopic (exact) mass is 287 g/mol. The minimum absolute atomic E-state index is 0.135. The van der Waals surface area contributed by atoms with E-state index in [1.807, 2.05) is 6.20 Å². The largest absolute Gasteiger partial charge is 0.248 e. The fourth-order valence-electron chi connectivity index (χ4n) is 1.62. The van der Waals surface area contributed by atoms with E-state index in [9.17, 15) is 4.39 Å². The number of alkyl halides is 1. The summed E-state index contributed by atoms with van der Waals surface area (Å²) < 4.78 is 14.9. The predicted octanol–water partition coefficient (Wildman–Crippen LogP) is 3.29. The molecule has 0 unspecified atom stereocenters. The zero-order chi connectivity index (χ0) is 13.0. The predicted molar refractivity (Wildman–Crippen MR) is 69.6 cm³/mol. The van der Waals surface area contributed by atoms with Crippen LogP contribution in [0.15, 0.2) is 24.4 Å². The standard InChI is InChI=1S/C12H12Cl2FN3/c13-6-2-4-10-8-18(17-16-10)7-9-3-1-5-11(15)12(9)14/h1,3,5,8H,2,4,6-7H2. The molecule has 2 aromatic rings. The Hall–Kier alpha value is -1.13. The Morgan fingerprint density at radius 3 is 2.94 bits per heavy atom. The number of aryl methyl sites for hydroxylation is 1. The lowest BCUT2D eigenvalue weighted by atomic mass is 10.2. The maximum atomic E-state index is 13.3. The molecule has 0 radical (unpaired) electrons. The van der Waals surface area contributed by atoms with Gasteiger partial charge in [0.05, 0.1) is 17.3 Å². The van der Waals surface area contributed by atoms with Crippen LogP contribution in [0.5, 0.6) is 0 Å². The Labute approximate surface area is 115 Å². The molecule has 0 aliphatic carbocycles. The van der Waals surface area contributed by atoms with E-state index in [4.69, 9.17) is 23.2 Å². The van der Waals surface area contributed by atoms with Gasteiger partial charge in [0.2, 0.25) is 0 Å². The van der Waals surface area contributed by atoms with Crippen LogP contribution < -0.4 is 0 Å². The van der Waals surface area contributed by atoms with Crippen LogP contribution in [0, 0.1) is 5.82 Å². The Balaban J connectivity index is 2.09. The zero-order valence-electron chi connectivity index (χ0n) is 9.61. The number of hydrogen-bond acceptors (Lipinski definition) is 2. The van der Waals surface area contributed by atoms with Crippen LogP contribution in [0.2, 0.25) is 5.02 Å². The molecule has 1 aromatic heterocycles. The van der Waals surface area contributed by atoms with Crippen LogP contribution in [0.1, 0.15) is 17.7 Å². The van der Waals surface area contributed by atoms with Crippen molar-refractivity contribution < 1.29 is 4.39 Å². The molecule has 0 bridgehead atoms. The van der Waals surface area contributed by atoms with Crippen molar-refractivity contribution in [1.82, 2.24) is 15.0 Å². The van der Waals surface area contributed by atoms with Gasteiger partial charge in [0.25, 0.3) is 0 Å². The summed E-state index contributed by atoms with van der Waals surface area (Å²) in [5.74, 6) is 0.180. The maximum Gasteiger partial charge on any atom is 0.142 e. The first-order valence-electron chi connectivity index (χ1n) is 5.58. The zero-order valence-corrected chi connectivity index (χ0v) is 11.1. The van der Waals surface area contributed by atoms with E-state index in [0.717, 1.165) is 18.5 Å². The molecule has 0 saturated heterocycles. The summed E-state index contributed by atoms with van der Waals surface area (Å²) in [6, 6.07) is 4.73. The first kappa shape index (κ1) is 13.3. The van der Waals surface area contributed by atoms with E-state index in [0.29, 0.717) is 18.0 Å². The second-order valence-electron chi connectivity index (χ2n) is 3.91. The minimum Gasteiger partial charge on any atom is -0.248 e. The number of aromatic nitrogens is 3. The molecule has 0 atom stereocenters. The van der Waals surface area contributed by atoms with Crippen LogP contribution >= 0.6 is 23.2 Å². The lowest BCUT2D eigenvalue weighted by Crippen LogP contribution is -2.01. The fraction of sp³-hybridized carbons (Fsp3) is 0.333. The van der Waals surface area contributed by atoms with Crippen molar-refractivity contribution in [1.29, 1.82) is 0 Å². The molecule has 0 saturated carbocycles. The van der Waals surface area contributed by atoms with Crippen molar-refractivity contribution in [2.24, 2.45) is 0 Å². The van der Waals surface area contributed by atoms with Crippen molar-refractivity contribution in [2.45, 2.75) is 19.4 Å². The summed E-state index contributed by atoms with van der Waals surface area (Å²) >= 11 is 11.5. The van der Waals surface area contributed by atoms with Crippen molar-refractivity contribution in [3.63, 3.8) is 0 Å². The third-order valence-electron chi connectivity index (χ3n) is 2.52. The maximum absolute atomic E-state index is 13.3. The smallest absolute Gasteiger partial charge is 0.142 e. The van der Waals surface area contributed by atoms with Crippen molar-refractivity contribution in [3.05, 3.63) is 46.5 Å². The van der Waals surface area contributed by atoms with Gasteiger partial charge in [-0.05, 0) is 24.5 Å². The quantitative estimate of drug-likeness (QED) is 0.790. The summed E-state index contributed by atoms with van der Waals surface area (Å²) in [5, 5.41) is 8.13. The van der Waals surface area contributed by atoms with E-state index in [1.54, 1.807) is 16.8 Å². The SMILES string of the molecule is Fc1cccc(Cn2cc(CCCCl)nn2)c1Cl. The van der Waals surface area contributed by atoms with E-state index in [2.05, 4.69) is 10.3 Å². The molecule has 1 heterocycles. The van der Waals surface area contributed by atoms with E-state index >= 15 is 0 Å². The third kappa shape index (κ3) is 3.21. The first-order valence-corrected chi connectivity index (χ1v) is 6.50. The van der Waals surface area contributed by atoms with Gasteiger partial charge in [0, 0.05) is 12.1 Å². The second kappa shape index (κ2) is 6.16. The number of nitrogens with zero attached hydrogens (tertiary/aromatic N) is 3. The van der Waals surface area contributed by atoms with E-state index < -0.39 is 5.82 Å². The van der Waals surface area contributed by atoms with Crippen LogP contribution in [0.3, 0.4) is 0 Å². The summed E-state index contributed by atoms with van der Waals surface area (Å²) in [4.78, 5) is 0. The summed E-state index contributed by atoms with van der Waals surface area (Å²) in [6.45, 7) is 0.407. The molecule has 1 aromatic carbocycles. The summed E-state index contributed by atoms with van der Waals surface area (Å²) in [6.07, 6.45) is 3.48. The number of hydrogen-bond donors (Lipinski definition) is 0. The number of benzene rings is 1. The molecule has 2 rings (SSSR count). The highest BCUT2D eigenvalue weighted by atomic mass is 35.5. The Morgan fingerprint density at radius 1 is 1.33 bits per heavy atom. The highest BCUT2D eigenvalue weighted by Crippen LogP contribution is 2.20. The summed E-state index contributed by atoms with van der Waals surface area (Å²) in [7, 11) is 0. The number of halogens is 3. The fourth-order valence-corrected chi connectivity index (χ4v) is 1.94. The molecule has 3 nitrogen and oxygen atoms in total. The van der Waals surface area contributed by atoms with Gasteiger partial charge < -0.3 is 0 Å². The molecular weight excluding hydrogens is 276 g/mol. The first-order chi connectivity index (χ1) is 8.70. The highest BCUT2D eigenvalue weighted by molar-refractivity contribution is 6.31. The highest BCUT2D eigenvalue weighted by Gasteiger charge is 2.07. The molecule has 96 valence electrons. The molecule has 0 amide bonds. The Morgan fingerprint density at radius 2 is 2.17 bits per heavy atom. The van der Waals surface area contributed by atoms with Crippen molar-refractivity contribution in [3.8, 4) is 0 Å². The molecule has 0 fully saturated rings. The second-order valence-corrected chi connectivity index (χ2v) is 4.67. The van der Waals surface area contributed by atoms with Crippen LogP contribution in [0.4, 0.5) is 4.39 Å². The van der Waals surface area contributed by atoms with Gasteiger partial charge in [-0.25, -0.2) is 9.07 Å².